The molecule has 0 N–H and O–H groups in total. The number of rotatable bonds is 7. The van der Waals surface area contributed by atoms with Crippen LogP contribution in [-0.2, 0) is 19.5 Å². The van der Waals surface area contributed by atoms with Crippen LogP contribution in [0.25, 0.3) is 11.1 Å². The van der Waals surface area contributed by atoms with Gasteiger partial charge in [-0.1, -0.05) is 12.1 Å². The van der Waals surface area contributed by atoms with Crippen LogP contribution in [0, 0.1) is 6.92 Å². The Morgan fingerprint density at radius 2 is 1.71 bits per heavy atom. The zero-order valence-electron chi connectivity index (χ0n) is 23.0. The number of esters is 1. The summed E-state index contributed by atoms with van der Waals surface area (Å²) in [5.41, 5.74) is 1.75. The molecule has 1 fully saturated rings. The summed E-state index contributed by atoms with van der Waals surface area (Å²) in [5.74, 6) is -0.429. The summed E-state index contributed by atoms with van der Waals surface area (Å²) in [6, 6.07) is 6.34. The van der Waals surface area contributed by atoms with E-state index in [1.165, 1.54) is 29.8 Å². The summed E-state index contributed by atoms with van der Waals surface area (Å²) in [6.07, 6.45) is 0.901. The smallest absolute Gasteiger partial charge is 0.410 e. The second-order valence-corrected chi connectivity index (χ2v) is 12.7. The molecule has 38 heavy (non-hydrogen) atoms. The van der Waals surface area contributed by atoms with E-state index >= 15 is 0 Å². The summed E-state index contributed by atoms with van der Waals surface area (Å²) >= 11 is 1.35. The van der Waals surface area contributed by atoms with E-state index in [1.54, 1.807) is 43.0 Å². The molecule has 1 aliphatic heterocycles. The van der Waals surface area contributed by atoms with Crippen molar-refractivity contribution in [1.82, 2.24) is 9.80 Å². The number of hydrogen-bond donors (Lipinski definition) is 0. The number of ether oxygens (including phenoxy) is 2. The molecule has 0 bridgehead atoms. The zero-order valence-corrected chi connectivity index (χ0v) is 24.6. The molecule has 12 heteroatoms. The largest absolute Gasteiger partial charge is 0.462 e. The Labute approximate surface area is 228 Å². The van der Waals surface area contributed by atoms with Crippen molar-refractivity contribution in [3.63, 3.8) is 0 Å². The molecule has 2 aromatic rings. The number of hydrogen-bond acceptors (Lipinski definition) is 8. The predicted octanol–water partition coefficient (Wildman–Crippen LogP) is 4.24. The van der Waals surface area contributed by atoms with Crippen molar-refractivity contribution in [2.24, 2.45) is 4.40 Å². The van der Waals surface area contributed by atoms with Crippen molar-refractivity contribution in [1.29, 1.82) is 0 Å². The number of amides is 1. The number of carbonyl (C=O) groups excluding carboxylic acids is 2. The third-order valence-electron chi connectivity index (χ3n) is 5.66. The number of sulfonamides is 1. The maximum Gasteiger partial charge on any atom is 0.410 e. The van der Waals surface area contributed by atoms with E-state index in [9.17, 15) is 18.0 Å². The molecule has 1 aromatic carbocycles. The van der Waals surface area contributed by atoms with E-state index in [0.717, 1.165) is 10.6 Å². The fourth-order valence-corrected chi connectivity index (χ4v) is 6.11. The molecular weight excluding hydrogens is 528 g/mol. The lowest BCUT2D eigenvalue weighted by atomic mass is 10.0. The standard InChI is InChI=1S/C26H36N4O6S2/c1-8-35-24(31)22-21(19-9-11-20(12-10-19)38(33,34)27-17-28(6)7)18(2)23(37-22)29-13-15-30(16-14-29)25(32)36-26(3,4)5/h9-12,17H,8,13-16H2,1-7H3. The highest BCUT2D eigenvalue weighted by Crippen LogP contribution is 2.42. The van der Waals surface area contributed by atoms with Crippen LogP contribution < -0.4 is 4.90 Å². The van der Waals surface area contributed by atoms with Crippen molar-refractivity contribution in [3.8, 4) is 11.1 Å². The van der Waals surface area contributed by atoms with Crippen LogP contribution >= 0.6 is 11.3 Å². The van der Waals surface area contributed by atoms with Crippen LogP contribution in [0.15, 0.2) is 33.6 Å². The minimum atomic E-state index is -3.85. The summed E-state index contributed by atoms with van der Waals surface area (Å²) in [5, 5.41) is 0.916. The van der Waals surface area contributed by atoms with Crippen molar-refractivity contribution in [2.45, 2.75) is 45.1 Å². The van der Waals surface area contributed by atoms with Gasteiger partial charge in [-0.05, 0) is 57.9 Å². The van der Waals surface area contributed by atoms with Gasteiger partial charge >= 0.3 is 12.1 Å². The van der Waals surface area contributed by atoms with Gasteiger partial charge in [0, 0.05) is 45.8 Å². The lowest BCUT2D eigenvalue weighted by Gasteiger charge is -2.36. The summed E-state index contributed by atoms with van der Waals surface area (Å²) in [4.78, 5) is 31.3. The Hall–Kier alpha value is -3.12. The van der Waals surface area contributed by atoms with Gasteiger partial charge in [0.2, 0.25) is 0 Å². The molecule has 3 rings (SSSR count). The molecular formula is C26H36N4O6S2. The molecule has 0 radical (unpaired) electrons. The molecule has 0 spiro atoms. The molecule has 0 aliphatic carbocycles. The molecule has 10 nitrogen and oxygen atoms in total. The lowest BCUT2D eigenvalue weighted by Crippen LogP contribution is -2.50. The topological polar surface area (TPSA) is 109 Å². The quantitative estimate of drug-likeness (QED) is 0.279. The molecule has 0 unspecified atom stereocenters. The second kappa shape index (κ2) is 11.7. The van der Waals surface area contributed by atoms with Gasteiger partial charge < -0.3 is 24.2 Å². The van der Waals surface area contributed by atoms with Crippen LogP contribution in [0.2, 0.25) is 0 Å². The maximum atomic E-state index is 12.9. The van der Waals surface area contributed by atoms with Crippen LogP contribution in [-0.4, -0.2) is 89.1 Å². The first-order chi connectivity index (χ1) is 17.7. The van der Waals surface area contributed by atoms with Crippen molar-refractivity contribution in [3.05, 3.63) is 34.7 Å². The molecule has 2 heterocycles. The van der Waals surface area contributed by atoms with Crippen LogP contribution in [0.1, 0.15) is 42.9 Å². The van der Waals surface area contributed by atoms with E-state index in [-0.39, 0.29) is 17.6 Å². The fourth-order valence-electron chi connectivity index (χ4n) is 3.92. The first kappa shape index (κ1) is 29.4. The minimum Gasteiger partial charge on any atom is -0.462 e. The van der Waals surface area contributed by atoms with Crippen molar-refractivity contribution in [2.75, 3.05) is 51.8 Å². The van der Waals surface area contributed by atoms with Crippen LogP contribution in [0.3, 0.4) is 0 Å². The Morgan fingerprint density at radius 3 is 2.24 bits per heavy atom. The molecule has 0 saturated carbocycles. The number of thiophene rings is 1. The Balaban J connectivity index is 1.91. The van der Waals surface area contributed by atoms with Gasteiger partial charge in [-0.25, -0.2) is 9.59 Å². The van der Waals surface area contributed by atoms with E-state index < -0.39 is 21.6 Å². The SMILES string of the molecule is CCOC(=O)c1sc(N2CCN(C(=O)OC(C)(C)C)CC2)c(C)c1-c1ccc(S(=O)(=O)N=CN(C)C)cc1. The summed E-state index contributed by atoms with van der Waals surface area (Å²) in [6.45, 7) is 11.6. The first-order valence-electron chi connectivity index (χ1n) is 12.3. The molecule has 208 valence electrons. The van der Waals surface area contributed by atoms with Crippen molar-refractivity contribution < 1.29 is 27.5 Å². The lowest BCUT2D eigenvalue weighted by molar-refractivity contribution is 0.0240. The molecule has 1 saturated heterocycles. The van der Waals surface area contributed by atoms with Gasteiger partial charge in [0.25, 0.3) is 10.0 Å². The Morgan fingerprint density at radius 1 is 1.11 bits per heavy atom. The van der Waals surface area contributed by atoms with E-state index in [2.05, 4.69) is 9.30 Å². The zero-order chi connectivity index (χ0) is 28.3. The number of nitrogens with zero attached hydrogens (tertiary/aromatic N) is 4. The molecule has 1 aromatic heterocycles. The van der Waals surface area contributed by atoms with E-state index in [1.807, 2.05) is 27.7 Å². The number of benzene rings is 1. The highest BCUT2D eigenvalue weighted by Gasteiger charge is 2.30. The number of carbonyl (C=O) groups is 2. The summed E-state index contributed by atoms with van der Waals surface area (Å²) < 4.78 is 39.6. The summed E-state index contributed by atoms with van der Waals surface area (Å²) in [7, 11) is -0.471. The van der Waals surface area contributed by atoms with Crippen LogP contribution in [0.5, 0.6) is 0 Å². The third-order valence-corrected chi connectivity index (χ3v) is 8.23. The van der Waals surface area contributed by atoms with E-state index in [0.29, 0.717) is 42.2 Å². The fraction of sp³-hybridized carbons (Fsp3) is 0.500. The number of piperazine rings is 1. The van der Waals surface area contributed by atoms with Gasteiger partial charge in [0.15, 0.2) is 0 Å². The highest BCUT2D eigenvalue weighted by atomic mass is 32.2. The van der Waals surface area contributed by atoms with Crippen LogP contribution in [0.4, 0.5) is 9.80 Å². The molecule has 0 atom stereocenters. The molecule has 1 aliphatic rings. The highest BCUT2D eigenvalue weighted by molar-refractivity contribution is 7.90. The second-order valence-electron chi connectivity index (χ2n) is 10.1. The average Bonchev–Trinajstić information content (AvgIpc) is 3.19. The third kappa shape index (κ3) is 7.04. The average molecular weight is 565 g/mol. The predicted molar refractivity (Wildman–Crippen MR) is 150 cm³/mol. The van der Waals surface area contributed by atoms with Crippen molar-refractivity contribution >= 4 is 44.8 Å². The minimum absolute atomic E-state index is 0.0587. The maximum absolute atomic E-state index is 12.9. The number of anilines is 1. The van der Waals surface area contributed by atoms with Gasteiger partial charge in [0.1, 0.15) is 16.8 Å². The van der Waals surface area contributed by atoms with Gasteiger partial charge in [-0.2, -0.15) is 8.42 Å². The van der Waals surface area contributed by atoms with Gasteiger partial charge in [-0.3, -0.25) is 0 Å². The normalized spacial score (nSPS) is 14.6. The van der Waals surface area contributed by atoms with E-state index in [4.69, 9.17) is 9.47 Å². The first-order valence-corrected chi connectivity index (χ1v) is 14.6. The Bertz CT molecular complexity index is 1290. The van der Waals surface area contributed by atoms with Gasteiger partial charge in [0.05, 0.1) is 16.5 Å². The Kier molecular flexibility index (Phi) is 9.09. The van der Waals surface area contributed by atoms with Gasteiger partial charge in [-0.15, -0.1) is 15.7 Å². The monoisotopic (exact) mass is 564 g/mol. The molecule has 1 amide bonds.